The lowest BCUT2D eigenvalue weighted by Crippen LogP contribution is -2.34. The van der Waals surface area contributed by atoms with Gasteiger partial charge in [0.2, 0.25) is 0 Å². The molecular weight excluding hydrogens is 260 g/mol. The minimum absolute atomic E-state index is 0.253. The summed E-state index contributed by atoms with van der Waals surface area (Å²) in [5.41, 5.74) is 0. The average molecular weight is 299 g/mol. The van der Waals surface area contributed by atoms with Crippen LogP contribution in [0.4, 0.5) is 0 Å². The number of rotatable bonds is 12. The molecule has 21 heavy (non-hydrogen) atoms. The standard InChI is InChI=1S/C19H38O2/c1-3-5-6-7-8-9-10-11-12-13-16-19(4-2)20-17-14-15-18-21-19/h3-18H2,1-2H3. The molecule has 0 saturated carbocycles. The fraction of sp³-hybridized carbons (Fsp3) is 1.00. The minimum Gasteiger partial charge on any atom is -0.350 e. The Kier molecular flexibility index (Phi) is 11.3. The van der Waals surface area contributed by atoms with Crippen molar-refractivity contribution in [1.82, 2.24) is 0 Å². The molecule has 2 heteroatoms. The third-order valence-electron chi connectivity index (χ3n) is 4.72. The summed E-state index contributed by atoms with van der Waals surface area (Å²) in [6, 6.07) is 0. The predicted octanol–water partition coefficient (Wildman–Crippen LogP) is 6.23. The minimum atomic E-state index is -0.253. The normalized spacial score (nSPS) is 18.6. The van der Waals surface area contributed by atoms with E-state index in [1.54, 1.807) is 0 Å². The van der Waals surface area contributed by atoms with Crippen LogP contribution >= 0.6 is 0 Å². The molecule has 2 nitrogen and oxygen atoms in total. The van der Waals surface area contributed by atoms with Gasteiger partial charge in [0.1, 0.15) is 0 Å². The van der Waals surface area contributed by atoms with Gasteiger partial charge >= 0.3 is 0 Å². The van der Waals surface area contributed by atoms with E-state index in [0.29, 0.717) is 0 Å². The molecule has 0 aromatic rings. The smallest absolute Gasteiger partial charge is 0.168 e. The molecule has 0 radical (unpaired) electrons. The lowest BCUT2D eigenvalue weighted by molar-refractivity contribution is -0.231. The van der Waals surface area contributed by atoms with Crippen LogP contribution in [0.2, 0.25) is 0 Å². The van der Waals surface area contributed by atoms with Gasteiger partial charge in [-0.3, -0.25) is 0 Å². The second-order valence-corrected chi connectivity index (χ2v) is 6.60. The molecule has 1 fully saturated rings. The third-order valence-corrected chi connectivity index (χ3v) is 4.72. The molecule has 0 aromatic heterocycles. The van der Waals surface area contributed by atoms with Gasteiger partial charge in [0, 0.05) is 6.42 Å². The van der Waals surface area contributed by atoms with Crippen molar-refractivity contribution in [3.05, 3.63) is 0 Å². The van der Waals surface area contributed by atoms with Crippen molar-refractivity contribution in [2.24, 2.45) is 0 Å². The molecule has 0 amide bonds. The molecule has 0 bridgehead atoms. The zero-order chi connectivity index (χ0) is 15.2. The Morgan fingerprint density at radius 1 is 0.667 bits per heavy atom. The fourth-order valence-corrected chi connectivity index (χ4v) is 3.17. The van der Waals surface area contributed by atoms with Crippen molar-refractivity contribution in [3.8, 4) is 0 Å². The van der Waals surface area contributed by atoms with E-state index in [4.69, 9.17) is 9.47 Å². The van der Waals surface area contributed by atoms with Crippen LogP contribution in [0.25, 0.3) is 0 Å². The number of hydrogen-bond donors (Lipinski definition) is 0. The van der Waals surface area contributed by atoms with E-state index in [2.05, 4.69) is 13.8 Å². The molecule has 1 rings (SSSR count). The second kappa shape index (κ2) is 12.5. The summed E-state index contributed by atoms with van der Waals surface area (Å²) in [5, 5.41) is 0. The van der Waals surface area contributed by atoms with Gasteiger partial charge in [-0.25, -0.2) is 0 Å². The van der Waals surface area contributed by atoms with Gasteiger partial charge in [-0.15, -0.1) is 0 Å². The lowest BCUT2D eigenvalue weighted by atomic mass is 10.0. The average Bonchev–Trinajstić information content (AvgIpc) is 2.75. The predicted molar refractivity (Wildman–Crippen MR) is 90.6 cm³/mol. The van der Waals surface area contributed by atoms with Gasteiger partial charge < -0.3 is 9.47 Å². The molecule has 1 aliphatic heterocycles. The number of unbranched alkanes of at least 4 members (excludes halogenated alkanes) is 9. The molecule has 1 heterocycles. The fourth-order valence-electron chi connectivity index (χ4n) is 3.17. The molecular formula is C19H38O2. The van der Waals surface area contributed by atoms with E-state index in [1.807, 2.05) is 0 Å². The van der Waals surface area contributed by atoms with Gasteiger partial charge in [0.05, 0.1) is 13.2 Å². The van der Waals surface area contributed by atoms with Crippen LogP contribution in [0.15, 0.2) is 0 Å². The Hall–Kier alpha value is -0.0800. The van der Waals surface area contributed by atoms with E-state index < -0.39 is 0 Å². The van der Waals surface area contributed by atoms with Crippen LogP contribution in [0.5, 0.6) is 0 Å². The van der Waals surface area contributed by atoms with E-state index in [-0.39, 0.29) is 5.79 Å². The SMILES string of the molecule is CCCCCCCCCCCCC1(CC)OCCCCO1. The highest BCUT2D eigenvalue weighted by molar-refractivity contribution is 4.70. The quantitative estimate of drug-likeness (QED) is 0.397. The second-order valence-electron chi connectivity index (χ2n) is 6.60. The summed E-state index contributed by atoms with van der Waals surface area (Å²) in [6.45, 7) is 6.24. The molecule has 0 atom stereocenters. The molecule has 1 saturated heterocycles. The first-order valence-corrected chi connectivity index (χ1v) is 9.61. The Bertz CT molecular complexity index is 220. The van der Waals surface area contributed by atoms with E-state index >= 15 is 0 Å². The first-order chi connectivity index (χ1) is 10.3. The molecule has 0 spiro atoms. The topological polar surface area (TPSA) is 18.5 Å². The highest BCUT2D eigenvalue weighted by atomic mass is 16.7. The Labute approximate surface area is 133 Å². The Morgan fingerprint density at radius 2 is 1.14 bits per heavy atom. The van der Waals surface area contributed by atoms with Crippen LogP contribution in [0, 0.1) is 0 Å². The van der Waals surface area contributed by atoms with E-state index in [1.165, 1.54) is 64.2 Å². The van der Waals surface area contributed by atoms with Crippen LogP contribution in [0.3, 0.4) is 0 Å². The van der Waals surface area contributed by atoms with Crippen molar-refractivity contribution < 1.29 is 9.47 Å². The van der Waals surface area contributed by atoms with Crippen molar-refractivity contribution in [2.45, 2.75) is 110 Å². The first-order valence-electron chi connectivity index (χ1n) is 9.61. The molecule has 0 unspecified atom stereocenters. The molecule has 0 aliphatic carbocycles. The first kappa shape index (κ1) is 19.0. The summed E-state index contributed by atoms with van der Waals surface area (Å²) in [4.78, 5) is 0. The van der Waals surface area contributed by atoms with E-state index in [0.717, 1.165) is 38.9 Å². The highest BCUT2D eigenvalue weighted by Gasteiger charge is 2.30. The lowest BCUT2D eigenvalue weighted by Gasteiger charge is -2.31. The monoisotopic (exact) mass is 298 g/mol. The van der Waals surface area contributed by atoms with Gasteiger partial charge in [-0.05, 0) is 25.7 Å². The van der Waals surface area contributed by atoms with Gasteiger partial charge in [-0.2, -0.15) is 0 Å². The summed E-state index contributed by atoms with van der Waals surface area (Å²) < 4.78 is 12.0. The van der Waals surface area contributed by atoms with Gasteiger partial charge in [0.15, 0.2) is 5.79 Å². The Balaban J connectivity index is 1.97. The van der Waals surface area contributed by atoms with Gasteiger partial charge in [0.25, 0.3) is 0 Å². The molecule has 126 valence electrons. The van der Waals surface area contributed by atoms with Crippen molar-refractivity contribution in [2.75, 3.05) is 13.2 Å². The Morgan fingerprint density at radius 3 is 1.62 bits per heavy atom. The molecule has 0 N–H and O–H groups in total. The van der Waals surface area contributed by atoms with Crippen molar-refractivity contribution >= 4 is 0 Å². The van der Waals surface area contributed by atoms with Crippen molar-refractivity contribution in [3.63, 3.8) is 0 Å². The third kappa shape index (κ3) is 8.83. The van der Waals surface area contributed by atoms with E-state index in [9.17, 15) is 0 Å². The van der Waals surface area contributed by atoms with Crippen molar-refractivity contribution in [1.29, 1.82) is 0 Å². The summed E-state index contributed by atoms with van der Waals surface area (Å²) in [6.07, 6.45) is 18.3. The van der Waals surface area contributed by atoms with Gasteiger partial charge in [-0.1, -0.05) is 71.6 Å². The maximum absolute atomic E-state index is 6.00. The zero-order valence-electron chi connectivity index (χ0n) is 14.6. The summed E-state index contributed by atoms with van der Waals surface area (Å²) in [5.74, 6) is -0.253. The highest BCUT2D eigenvalue weighted by Crippen LogP contribution is 2.28. The van der Waals surface area contributed by atoms with Crippen LogP contribution in [0.1, 0.15) is 104 Å². The maximum Gasteiger partial charge on any atom is 0.168 e. The van der Waals surface area contributed by atoms with Crippen LogP contribution in [-0.2, 0) is 9.47 Å². The summed E-state index contributed by atoms with van der Waals surface area (Å²) in [7, 11) is 0. The number of ether oxygens (including phenoxy) is 2. The zero-order valence-corrected chi connectivity index (χ0v) is 14.6. The van der Waals surface area contributed by atoms with Crippen LogP contribution in [-0.4, -0.2) is 19.0 Å². The maximum atomic E-state index is 6.00. The number of hydrogen-bond acceptors (Lipinski definition) is 2. The summed E-state index contributed by atoms with van der Waals surface area (Å²) >= 11 is 0. The molecule has 1 aliphatic rings. The largest absolute Gasteiger partial charge is 0.350 e. The van der Waals surface area contributed by atoms with Crippen LogP contribution < -0.4 is 0 Å². The molecule has 0 aromatic carbocycles.